The van der Waals surface area contributed by atoms with Crippen LogP contribution in [0.25, 0.3) is 11.0 Å². The summed E-state index contributed by atoms with van der Waals surface area (Å²) in [7, 11) is 0. The molecule has 1 saturated carbocycles. The average Bonchev–Trinajstić information content (AvgIpc) is 3.38. The van der Waals surface area contributed by atoms with E-state index >= 15 is 0 Å². The number of rotatable bonds is 7. The monoisotopic (exact) mass is 423 g/mol. The molecule has 1 amide bonds. The first-order valence-electron chi connectivity index (χ1n) is 10.9. The first-order chi connectivity index (χ1) is 14.9. The summed E-state index contributed by atoms with van der Waals surface area (Å²) in [6.07, 6.45) is 8.47. The summed E-state index contributed by atoms with van der Waals surface area (Å²) in [4.78, 5) is 38.9. The molecule has 8 heteroatoms. The predicted octanol–water partition coefficient (Wildman–Crippen LogP) is 2.47. The number of nitrogens with one attached hydrogen (secondary N) is 1. The van der Waals surface area contributed by atoms with Gasteiger partial charge in [0, 0.05) is 42.9 Å². The number of hydrogen-bond acceptors (Lipinski definition) is 5. The van der Waals surface area contributed by atoms with E-state index in [0.717, 1.165) is 36.7 Å². The Morgan fingerprint density at radius 1 is 1.32 bits per heavy atom. The van der Waals surface area contributed by atoms with E-state index in [9.17, 15) is 14.7 Å². The van der Waals surface area contributed by atoms with E-state index in [1.807, 2.05) is 26.0 Å². The third-order valence-electron chi connectivity index (χ3n) is 6.22. The van der Waals surface area contributed by atoms with Crippen LogP contribution in [0.1, 0.15) is 55.8 Å². The smallest absolute Gasteiger partial charge is 0.273 e. The van der Waals surface area contributed by atoms with Gasteiger partial charge in [0.25, 0.3) is 11.5 Å². The lowest BCUT2D eigenvalue weighted by molar-refractivity contribution is 0.0658. The van der Waals surface area contributed by atoms with E-state index in [1.54, 1.807) is 6.20 Å². The van der Waals surface area contributed by atoms with Gasteiger partial charge in [-0.1, -0.05) is 12.8 Å². The van der Waals surface area contributed by atoms with Crippen molar-refractivity contribution in [2.24, 2.45) is 0 Å². The van der Waals surface area contributed by atoms with Crippen molar-refractivity contribution in [2.45, 2.75) is 57.5 Å². The van der Waals surface area contributed by atoms with Crippen molar-refractivity contribution in [1.82, 2.24) is 24.4 Å². The van der Waals surface area contributed by atoms with Gasteiger partial charge in [-0.25, -0.2) is 9.97 Å². The molecule has 3 heterocycles. The number of fused-ring (bicyclic) bond motifs is 1. The molecule has 0 bridgehead atoms. The predicted molar refractivity (Wildman–Crippen MR) is 118 cm³/mol. The van der Waals surface area contributed by atoms with Gasteiger partial charge < -0.3 is 19.6 Å². The SMILES string of the molecule is CC(C)N(CCO)C(=O)c1cc(=O)[nH]c(CC2(n3ccc4cccnc43)CCCC2)n1. The second kappa shape index (κ2) is 8.63. The Hall–Kier alpha value is -3.00. The standard InChI is InChI=1S/C23H29N5O3/c1-16(2)27(12-13-29)22(31)18-14-20(30)26-19(25-18)15-23(8-3-4-9-23)28-11-7-17-6-5-10-24-21(17)28/h5-7,10-11,14,16,29H,3-4,8-9,12-13,15H2,1-2H3,(H,25,26,30). The zero-order chi connectivity index (χ0) is 22.0. The van der Waals surface area contributed by atoms with Crippen molar-refractivity contribution in [3.63, 3.8) is 0 Å². The molecule has 1 fully saturated rings. The maximum atomic E-state index is 13.0. The number of hydrogen-bond donors (Lipinski definition) is 2. The molecular weight excluding hydrogens is 394 g/mol. The molecule has 8 nitrogen and oxygen atoms in total. The quantitative estimate of drug-likeness (QED) is 0.608. The largest absolute Gasteiger partial charge is 0.395 e. The molecule has 3 aromatic rings. The van der Waals surface area contributed by atoms with Crippen LogP contribution >= 0.6 is 0 Å². The Bertz CT molecular complexity index is 1130. The summed E-state index contributed by atoms with van der Waals surface area (Å²) in [5, 5.41) is 10.4. The van der Waals surface area contributed by atoms with Gasteiger partial charge in [-0.15, -0.1) is 0 Å². The number of pyridine rings is 1. The summed E-state index contributed by atoms with van der Waals surface area (Å²) >= 11 is 0. The summed E-state index contributed by atoms with van der Waals surface area (Å²) in [5.74, 6) is 0.160. The number of aliphatic hydroxyl groups excluding tert-OH is 1. The van der Waals surface area contributed by atoms with Crippen LogP contribution in [0.4, 0.5) is 0 Å². The molecule has 1 aliphatic rings. The van der Waals surface area contributed by atoms with Gasteiger partial charge in [-0.05, 0) is 44.9 Å². The van der Waals surface area contributed by atoms with Crippen molar-refractivity contribution in [3.8, 4) is 0 Å². The molecule has 164 valence electrons. The van der Waals surface area contributed by atoms with Gasteiger partial charge in [0.05, 0.1) is 12.1 Å². The molecule has 0 spiro atoms. The van der Waals surface area contributed by atoms with E-state index < -0.39 is 0 Å². The van der Waals surface area contributed by atoms with Gasteiger partial charge in [-0.2, -0.15) is 0 Å². The number of aromatic nitrogens is 4. The molecule has 2 N–H and O–H groups in total. The zero-order valence-corrected chi connectivity index (χ0v) is 18.0. The maximum Gasteiger partial charge on any atom is 0.273 e. The molecule has 3 aromatic heterocycles. The summed E-state index contributed by atoms with van der Waals surface area (Å²) in [5.41, 5.74) is 0.457. The van der Waals surface area contributed by atoms with Crippen molar-refractivity contribution in [2.75, 3.05) is 13.2 Å². The molecule has 0 aliphatic heterocycles. The Morgan fingerprint density at radius 3 is 2.81 bits per heavy atom. The van der Waals surface area contributed by atoms with Crippen molar-refractivity contribution >= 4 is 16.9 Å². The van der Waals surface area contributed by atoms with Crippen LogP contribution in [-0.4, -0.2) is 54.6 Å². The maximum absolute atomic E-state index is 13.0. The third kappa shape index (κ3) is 4.12. The highest BCUT2D eigenvalue weighted by Crippen LogP contribution is 2.40. The van der Waals surface area contributed by atoms with Gasteiger partial charge in [0.2, 0.25) is 0 Å². The first kappa shape index (κ1) is 21.2. The average molecular weight is 424 g/mol. The van der Waals surface area contributed by atoms with Crippen LogP contribution in [0.5, 0.6) is 0 Å². The fourth-order valence-corrected chi connectivity index (χ4v) is 4.75. The molecule has 0 radical (unpaired) electrons. The number of aliphatic hydroxyl groups is 1. The molecule has 1 aliphatic carbocycles. The molecule has 0 aromatic carbocycles. The number of carbonyl (C=O) groups is 1. The number of amides is 1. The highest BCUT2D eigenvalue weighted by atomic mass is 16.3. The second-order valence-electron chi connectivity index (χ2n) is 8.60. The lowest BCUT2D eigenvalue weighted by Gasteiger charge is -2.31. The fraction of sp³-hybridized carbons (Fsp3) is 0.478. The van der Waals surface area contributed by atoms with E-state index in [4.69, 9.17) is 0 Å². The van der Waals surface area contributed by atoms with Gasteiger partial charge in [0.1, 0.15) is 17.2 Å². The van der Waals surface area contributed by atoms with Gasteiger partial charge in [0.15, 0.2) is 0 Å². The number of carbonyl (C=O) groups excluding carboxylic acids is 1. The summed E-state index contributed by atoms with van der Waals surface area (Å²) in [6, 6.07) is 7.17. The van der Waals surface area contributed by atoms with Crippen molar-refractivity contribution < 1.29 is 9.90 Å². The number of H-pyrrole nitrogens is 1. The summed E-state index contributed by atoms with van der Waals surface area (Å²) < 4.78 is 2.22. The number of aromatic amines is 1. The molecule has 0 saturated heterocycles. The topological polar surface area (TPSA) is 104 Å². The van der Waals surface area contributed by atoms with Crippen LogP contribution in [-0.2, 0) is 12.0 Å². The fourth-order valence-electron chi connectivity index (χ4n) is 4.75. The minimum Gasteiger partial charge on any atom is -0.395 e. The van der Waals surface area contributed by atoms with Gasteiger partial charge in [-0.3, -0.25) is 9.59 Å². The van der Waals surface area contributed by atoms with Crippen LogP contribution in [0.2, 0.25) is 0 Å². The third-order valence-corrected chi connectivity index (χ3v) is 6.22. The lowest BCUT2D eigenvalue weighted by atomic mass is 9.92. The minimum absolute atomic E-state index is 0.109. The Morgan fingerprint density at radius 2 is 2.10 bits per heavy atom. The van der Waals surface area contributed by atoms with Crippen molar-refractivity contribution in [1.29, 1.82) is 0 Å². The molecule has 0 atom stereocenters. The molecule has 31 heavy (non-hydrogen) atoms. The Balaban J connectivity index is 1.71. The van der Waals surface area contributed by atoms with Crippen LogP contribution < -0.4 is 5.56 Å². The normalized spacial score (nSPS) is 15.6. The second-order valence-corrected chi connectivity index (χ2v) is 8.60. The van der Waals surface area contributed by atoms with E-state index in [2.05, 4.69) is 31.8 Å². The highest BCUT2D eigenvalue weighted by Gasteiger charge is 2.37. The Kier molecular flexibility index (Phi) is 5.91. The molecular formula is C23H29N5O3. The summed E-state index contributed by atoms with van der Waals surface area (Å²) in [6.45, 7) is 3.81. The van der Waals surface area contributed by atoms with Crippen LogP contribution in [0, 0.1) is 0 Å². The first-order valence-corrected chi connectivity index (χ1v) is 10.9. The number of nitrogens with zero attached hydrogens (tertiary/aromatic N) is 4. The van der Waals surface area contributed by atoms with E-state index in [0.29, 0.717) is 12.2 Å². The molecule has 0 unspecified atom stereocenters. The zero-order valence-electron chi connectivity index (χ0n) is 18.0. The Labute approximate surface area is 180 Å². The van der Waals surface area contributed by atoms with Gasteiger partial charge >= 0.3 is 0 Å². The minimum atomic E-state index is -0.343. The van der Waals surface area contributed by atoms with Crippen molar-refractivity contribution in [3.05, 3.63) is 58.5 Å². The lowest BCUT2D eigenvalue weighted by Crippen LogP contribution is -2.40. The van der Waals surface area contributed by atoms with E-state index in [-0.39, 0.29) is 41.9 Å². The molecule has 4 rings (SSSR count). The van der Waals surface area contributed by atoms with E-state index in [1.165, 1.54) is 11.0 Å². The highest BCUT2D eigenvalue weighted by molar-refractivity contribution is 5.92. The van der Waals surface area contributed by atoms with Crippen LogP contribution in [0.15, 0.2) is 41.5 Å². The van der Waals surface area contributed by atoms with Crippen LogP contribution in [0.3, 0.4) is 0 Å².